The smallest absolute Gasteiger partial charge is 0.468 e. The van der Waals surface area contributed by atoms with Crippen molar-refractivity contribution in [3.63, 3.8) is 0 Å². The SMILES string of the molecule is O=C(Nc1cnc([N+](=O)[O-])nc1)c1cc(Cl)ccc1O. The summed E-state index contributed by atoms with van der Waals surface area (Å²) in [7, 11) is 0. The second-order valence-electron chi connectivity index (χ2n) is 3.64. The van der Waals surface area contributed by atoms with Crippen LogP contribution in [0.5, 0.6) is 5.75 Å². The van der Waals surface area contributed by atoms with Crippen molar-refractivity contribution < 1.29 is 14.8 Å². The van der Waals surface area contributed by atoms with Gasteiger partial charge in [0.2, 0.25) is 0 Å². The van der Waals surface area contributed by atoms with E-state index >= 15 is 0 Å². The molecular formula is C11H7ClN4O4. The first kappa shape index (κ1) is 13.7. The lowest BCUT2D eigenvalue weighted by atomic mass is 10.2. The molecule has 20 heavy (non-hydrogen) atoms. The van der Waals surface area contributed by atoms with Crippen molar-refractivity contribution in [1.82, 2.24) is 9.97 Å². The maximum absolute atomic E-state index is 11.9. The van der Waals surface area contributed by atoms with Crippen LogP contribution in [0.2, 0.25) is 5.02 Å². The largest absolute Gasteiger partial charge is 0.507 e. The van der Waals surface area contributed by atoms with Crippen molar-refractivity contribution in [1.29, 1.82) is 0 Å². The summed E-state index contributed by atoms with van der Waals surface area (Å²) >= 11 is 5.73. The van der Waals surface area contributed by atoms with Gasteiger partial charge >= 0.3 is 5.95 Å². The van der Waals surface area contributed by atoms with Crippen molar-refractivity contribution in [2.24, 2.45) is 0 Å². The number of phenols is 1. The Hall–Kier alpha value is -2.74. The number of nitro groups is 1. The quantitative estimate of drug-likeness (QED) is 0.660. The number of nitrogens with one attached hydrogen (secondary N) is 1. The number of benzene rings is 1. The number of rotatable bonds is 3. The molecule has 0 saturated carbocycles. The van der Waals surface area contributed by atoms with Gasteiger partial charge in [0.05, 0.1) is 5.56 Å². The summed E-state index contributed by atoms with van der Waals surface area (Å²) < 4.78 is 0. The third kappa shape index (κ3) is 2.98. The van der Waals surface area contributed by atoms with Crippen molar-refractivity contribution in [2.75, 3.05) is 5.32 Å². The minimum atomic E-state index is -0.756. The number of aromatic hydroxyl groups is 1. The first-order chi connectivity index (χ1) is 9.47. The molecule has 0 aliphatic carbocycles. The summed E-state index contributed by atoms with van der Waals surface area (Å²) in [5.41, 5.74) is 0.121. The fourth-order valence-corrected chi connectivity index (χ4v) is 1.54. The molecule has 0 aliphatic heterocycles. The molecule has 0 spiro atoms. The molecule has 0 fully saturated rings. The average Bonchev–Trinajstić information content (AvgIpc) is 2.42. The highest BCUT2D eigenvalue weighted by Crippen LogP contribution is 2.22. The van der Waals surface area contributed by atoms with E-state index in [2.05, 4.69) is 15.3 Å². The van der Waals surface area contributed by atoms with Gasteiger partial charge in [-0.3, -0.25) is 4.79 Å². The van der Waals surface area contributed by atoms with Gasteiger partial charge in [-0.2, -0.15) is 0 Å². The maximum atomic E-state index is 11.9. The molecule has 0 unspecified atom stereocenters. The molecule has 0 atom stereocenters. The van der Waals surface area contributed by atoms with Crippen LogP contribution in [0.1, 0.15) is 10.4 Å². The van der Waals surface area contributed by atoms with Gasteiger partial charge in [-0.25, -0.2) is 0 Å². The number of amides is 1. The Morgan fingerprint density at radius 2 is 2.00 bits per heavy atom. The molecule has 0 radical (unpaired) electrons. The number of hydrogen-bond acceptors (Lipinski definition) is 6. The van der Waals surface area contributed by atoms with Gasteiger partial charge in [0.15, 0.2) is 0 Å². The van der Waals surface area contributed by atoms with Gasteiger partial charge in [0.25, 0.3) is 5.91 Å². The van der Waals surface area contributed by atoms with E-state index in [0.29, 0.717) is 0 Å². The Kier molecular flexibility index (Phi) is 3.76. The number of carbonyl (C=O) groups excluding carboxylic acids is 1. The Morgan fingerprint density at radius 3 is 2.60 bits per heavy atom. The van der Waals surface area contributed by atoms with E-state index in [4.69, 9.17) is 11.6 Å². The zero-order valence-corrected chi connectivity index (χ0v) is 10.5. The summed E-state index contributed by atoms with van der Waals surface area (Å²) in [6, 6.07) is 4.00. The zero-order valence-electron chi connectivity index (χ0n) is 9.78. The Labute approximate surface area is 117 Å². The van der Waals surface area contributed by atoms with Crippen molar-refractivity contribution in [3.8, 4) is 5.75 Å². The molecule has 0 saturated heterocycles. The van der Waals surface area contributed by atoms with Crippen LogP contribution in [-0.2, 0) is 0 Å². The van der Waals surface area contributed by atoms with Crippen LogP contribution in [0.3, 0.4) is 0 Å². The summed E-state index contributed by atoms with van der Waals surface area (Å²) in [4.78, 5) is 28.4. The molecule has 2 N–H and O–H groups in total. The van der Waals surface area contributed by atoms with Crippen LogP contribution in [0.25, 0.3) is 0 Å². The van der Waals surface area contributed by atoms with E-state index in [1.165, 1.54) is 18.2 Å². The van der Waals surface area contributed by atoms with Gasteiger partial charge < -0.3 is 20.5 Å². The third-order valence-electron chi connectivity index (χ3n) is 2.26. The van der Waals surface area contributed by atoms with Gasteiger partial charge in [0, 0.05) is 5.02 Å². The van der Waals surface area contributed by atoms with Crippen LogP contribution < -0.4 is 5.32 Å². The molecule has 2 rings (SSSR count). The third-order valence-corrected chi connectivity index (χ3v) is 2.50. The number of aromatic nitrogens is 2. The molecule has 2 aromatic rings. The summed E-state index contributed by atoms with van der Waals surface area (Å²) in [6.45, 7) is 0. The number of phenolic OH excluding ortho intramolecular Hbond substituents is 1. The average molecular weight is 295 g/mol. The number of hydrogen-bond donors (Lipinski definition) is 2. The zero-order chi connectivity index (χ0) is 14.7. The van der Waals surface area contributed by atoms with E-state index in [1.54, 1.807) is 0 Å². The van der Waals surface area contributed by atoms with E-state index < -0.39 is 16.8 Å². The van der Waals surface area contributed by atoms with Crippen LogP contribution in [0.15, 0.2) is 30.6 Å². The van der Waals surface area contributed by atoms with Crippen molar-refractivity contribution >= 4 is 29.1 Å². The highest BCUT2D eigenvalue weighted by molar-refractivity contribution is 6.31. The molecule has 0 bridgehead atoms. The predicted octanol–water partition coefficient (Wildman–Crippen LogP) is 2.00. The number of anilines is 1. The predicted molar refractivity (Wildman–Crippen MR) is 69.8 cm³/mol. The van der Waals surface area contributed by atoms with Gasteiger partial charge in [-0.1, -0.05) is 21.6 Å². The highest BCUT2D eigenvalue weighted by Gasteiger charge is 2.14. The Morgan fingerprint density at radius 1 is 1.35 bits per heavy atom. The van der Waals surface area contributed by atoms with E-state index in [1.807, 2.05) is 0 Å². The minimum Gasteiger partial charge on any atom is -0.507 e. The van der Waals surface area contributed by atoms with Crippen LogP contribution >= 0.6 is 11.6 Å². The molecule has 9 heteroatoms. The molecule has 8 nitrogen and oxygen atoms in total. The number of nitrogens with zero attached hydrogens (tertiary/aromatic N) is 3. The van der Waals surface area contributed by atoms with E-state index in [9.17, 15) is 20.0 Å². The highest BCUT2D eigenvalue weighted by atomic mass is 35.5. The van der Waals surface area contributed by atoms with Crippen LogP contribution in [0.4, 0.5) is 11.6 Å². The molecule has 102 valence electrons. The fraction of sp³-hybridized carbons (Fsp3) is 0. The molecular weight excluding hydrogens is 288 g/mol. The van der Waals surface area contributed by atoms with Crippen LogP contribution in [-0.4, -0.2) is 25.9 Å². The van der Waals surface area contributed by atoms with E-state index in [0.717, 1.165) is 12.4 Å². The minimum absolute atomic E-state index is 0.0316. The van der Waals surface area contributed by atoms with Gasteiger partial charge in [0.1, 0.15) is 23.8 Å². The second kappa shape index (κ2) is 5.49. The molecule has 0 aliphatic rings. The molecule has 1 aromatic heterocycles. The number of carbonyl (C=O) groups is 1. The van der Waals surface area contributed by atoms with Crippen molar-refractivity contribution in [2.45, 2.75) is 0 Å². The normalized spacial score (nSPS) is 10.1. The monoisotopic (exact) mass is 294 g/mol. The summed E-state index contributed by atoms with van der Waals surface area (Å²) in [6.07, 6.45) is 2.18. The second-order valence-corrected chi connectivity index (χ2v) is 4.08. The summed E-state index contributed by atoms with van der Waals surface area (Å²) in [5, 5.41) is 22.6. The van der Waals surface area contributed by atoms with E-state index in [-0.39, 0.29) is 22.0 Å². The molecule has 1 heterocycles. The van der Waals surface area contributed by atoms with Gasteiger partial charge in [-0.05, 0) is 23.1 Å². The maximum Gasteiger partial charge on any atom is 0.468 e. The Balaban J connectivity index is 2.19. The topological polar surface area (TPSA) is 118 Å². The van der Waals surface area contributed by atoms with Crippen molar-refractivity contribution in [3.05, 3.63) is 51.3 Å². The standard InChI is InChI=1S/C11H7ClN4O4/c12-6-1-2-9(17)8(3-6)10(18)15-7-4-13-11(14-5-7)16(19)20/h1-5,17H,(H,15,18). The summed E-state index contributed by atoms with van der Waals surface area (Å²) in [5.74, 6) is -1.45. The molecule has 1 aromatic carbocycles. The van der Waals surface area contributed by atoms with Gasteiger partial charge in [-0.15, -0.1) is 0 Å². The fourth-order valence-electron chi connectivity index (χ4n) is 1.37. The lowest BCUT2D eigenvalue weighted by molar-refractivity contribution is -0.394. The first-order valence-corrected chi connectivity index (χ1v) is 5.61. The molecule has 1 amide bonds. The lowest BCUT2D eigenvalue weighted by Gasteiger charge is -2.05. The number of halogens is 1. The first-order valence-electron chi connectivity index (χ1n) is 5.23. The lowest BCUT2D eigenvalue weighted by Crippen LogP contribution is -2.12. The Bertz CT molecular complexity index is 675. The van der Waals surface area contributed by atoms with Crippen LogP contribution in [0, 0.1) is 10.1 Å².